The van der Waals surface area contributed by atoms with Crippen molar-refractivity contribution in [3.05, 3.63) is 45.9 Å². The third kappa shape index (κ3) is 3.62. The molecule has 0 bridgehead atoms. The topological polar surface area (TPSA) is 71.1 Å². The highest BCUT2D eigenvalue weighted by Gasteiger charge is 2.23. The van der Waals surface area contributed by atoms with Crippen molar-refractivity contribution in [3.63, 3.8) is 0 Å². The van der Waals surface area contributed by atoms with Crippen molar-refractivity contribution in [3.8, 4) is 0 Å². The molecule has 0 unspecified atom stereocenters. The predicted molar refractivity (Wildman–Crippen MR) is 75.3 cm³/mol. The molecule has 114 valence electrons. The second kappa shape index (κ2) is 6.56. The maximum atomic E-state index is 14.2. The summed E-state index contributed by atoms with van der Waals surface area (Å²) in [5.74, 6) is -1.88. The Hall–Kier alpha value is -1.42. The van der Waals surface area contributed by atoms with Gasteiger partial charge in [-0.2, -0.15) is 0 Å². The number of hydrogen-bond acceptors (Lipinski definition) is 5. The van der Waals surface area contributed by atoms with Gasteiger partial charge in [-0.3, -0.25) is 0 Å². The minimum atomic E-state index is -4.08. The van der Waals surface area contributed by atoms with E-state index >= 15 is 0 Å². The van der Waals surface area contributed by atoms with Crippen molar-refractivity contribution in [1.82, 2.24) is 15.0 Å². The average molecular weight is 333 g/mol. The second-order valence-electron chi connectivity index (χ2n) is 4.12. The fraction of sp³-hybridized carbons (Fsp3) is 0.250. The van der Waals surface area contributed by atoms with Gasteiger partial charge in [0.25, 0.3) is 0 Å². The Labute approximate surface area is 125 Å². The standard InChI is InChI=1S/C12H13F2N3O2S2/c1-15-6-8-9(13)2-3-10(12(8)14)21(18,19)17-7-11-16-4-5-20-11/h2-5,15,17H,6-7H2,1H3. The molecule has 0 amide bonds. The van der Waals surface area contributed by atoms with Crippen LogP contribution < -0.4 is 10.0 Å². The summed E-state index contributed by atoms with van der Waals surface area (Å²) in [5, 5.41) is 4.85. The SMILES string of the molecule is CNCc1c(F)ccc(S(=O)(=O)NCc2nccs2)c1F. The van der Waals surface area contributed by atoms with E-state index in [4.69, 9.17) is 0 Å². The molecule has 0 saturated heterocycles. The number of hydrogen-bond donors (Lipinski definition) is 2. The van der Waals surface area contributed by atoms with Crippen molar-refractivity contribution in [2.24, 2.45) is 0 Å². The minimum Gasteiger partial charge on any atom is -0.315 e. The third-order valence-electron chi connectivity index (χ3n) is 2.69. The normalized spacial score (nSPS) is 11.8. The molecule has 0 radical (unpaired) electrons. The van der Waals surface area contributed by atoms with Crippen LogP contribution in [0.2, 0.25) is 0 Å². The summed E-state index contributed by atoms with van der Waals surface area (Å²) in [6.45, 7) is -0.147. The third-order valence-corrected chi connectivity index (χ3v) is 4.89. The molecule has 0 aliphatic carbocycles. The molecule has 0 atom stereocenters. The number of rotatable bonds is 6. The van der Waals surface area contributed by atoms with Gasteiger partial charge in [0.1, 0.15) is 15.7 Å². The molecular formula is C12H13F2N3O2S2. The van der Waals surface area contributed by atoms with Crippen LogP contribution in [0.3, 0.4) is 0 Å². The van der Waals surface area contributed by atoms with E-state index in [1.807, 2.05) is 0 Å². The van der Waals surface area contributed by atoms with Gasteiger partial charge in [-0.1, -0.05) is 0 Å². The molecular weight excluding hydrogens is 320 g/mol. The first-order valence-corrected chi connectivity index (χ1v) is 8.31. The van der Waals surface area contributed by atoms with Crippen LogP contribution in [0, 0.1) is 11.6 Å². The monoisotopic (exact) mass is 333 g/mol. The van der Waals surface area contributed by atoms with Crippen molar-refractivity contribution in [1.29, 1.82) is 0 Å². The highest BCUT2D eigenvalue weighted by atomic mass is 32.2. The van der Waals surface area contributed by atoms with Gasteiger partial charge in [0.05, 0.1) is 6.54 Å². The number of nitrogens with one attached hydrogen (secondary N) is 2. The zero-order valence-electron chi connectivity index (χ0n) is 11.1. The fourth-order valence-corrected chi connectivity index (χ4v) is 3.43. The number of thiazole rings is 1. The lowest BCUT2D eigenvalue weighted by Gasteiger charge is -2.10. The molecule has 1 aromatic carbocycles. The number of halogens is 2. The van der Waals surface area contributed by atoms with Crippen LogP contribution in [-0.4, -0.2) is 20.4 Å². The molecule has 9 heteroatoms. The lowest BCUT2D eigenvalue weighted by Crippen LogP contribution is -2.25. The molecule has 0 aliphatic heterocycles. The van der Waals surface area contributed by atoms with Crippen molar-refractivity contribution in [2.45, 2.75) is 18.0 Å². The molecule has 0 aliphatic rings. The molecule has 0 fully saturated rings. The first-order valence-electron chi connectivity index (χ1n) is 5.95. The fourth-order valence-electron chi connectivity index (χ4n) is 1.70. The number of sulfonamides is 1. The molecule has 0 spiro atoms. The van der Waals surface area contributed by atoms with Crippen LogP contribution in [0.25, 0.3) is 0 Å². The highest BCUT2D eigenvalue weighted by Crippen LogP contribution is 2.21. The van der Waals surface area contributed by atoms with Crippen LogP contribution in [0.1, 0.15) is 10.6 Å². The van der Waals surface area contributed by atoms with Crippen molar-refractivity contribution < 1.29 is 17.2 Å². The van der Waals surface area contributed by atoms with E-state index in [-0.39, 0.29) is 18.7 Å². The maximum absolute atomic E-state index is 14.2. The second-order valence-corrected chi connectivity index (χ2v) is 6.83. The van der Waals surface area contributed by atoms with Gasteiger partial charge in [0.2, 0.25) is 10.0 Å². The van der Waals surface area contributed by atoms with Crippen molar-refractivity contribution in [2.75, 3.05) is 7.05 Å². The molecule has 2 N–H and O–H groups in total. The predicted octanol–water partition coefficient (Wildman–Crippen LogP) is 1.62. The van der Waals surface area contributed by atoms with Gasteiger partial charge >= 0.3 is 0 Å². The lowest BCUT2D eigenvalue weighted by atomic mass is 10.2. The van der Waals surface area contributed by atoms with Gasteiger partial charge < -0.3 is 5.32 Å². The van der Waals surface area contributed by atoms with Gasteiger partial charge in [-0.15, -0.1) is 11.3 Å². The van der Waals surface area contributed by atoms with Crippen LogP contribution in [-0.2, 0) is 23.1 Å². The van der Waals surface area contributed by atoms with Gasteiger partial charge in [0, 0.05) is 23.7 Å². The summed E-state index contributed by atoms with van der Waals surface area (Å²) in [6.07, 6.45) is 1.54. The minimum absolute atomic E-state index is 0.0435. The molecule has 1 heterocycles. The largest absolute Gasteiger partial charge is 0.315 e. The average Bonchev–Trinajstić information content (AvgIpc) is 2.94. The maximum Gasteiger partial charge on any atom is 0.243 e. The zero-order valence-corrected chi connectivity index (χ0v) is 12.7. The van der Waals surface area contributed by atoms with E-state index in [0.717, 1.165) is 12.1 Å². The van der Waals surface area contributed by atoms with Gasteiger partial charge in [-0.05, 0) is 19.2 Å². The smallest absolute Gasteiger partial charge is 0.243 e. The summed E-state index contributed by atoms with van der Waals surface area (Å²) >= 11 is 1.27. The zero-order chi connectivity index (χ0) is 15.5. The summed E-state index contributed by atoms with van der Waals surface area (Å²) in [7, 11) is -2.56. The number of aromatic nitrogens is 1. The first kappa shape index (κ1) is 16.0. The highest BCUT2D eigenvalue weighted by molar-refractivity contribution is 7.89. The van der Waals surface area contributed by atoms with E-state index < -0.39 is 26.6 Å². The van der Waals surface area contributed by atoms with E-state index in [2.05, 4.69) is 15.0 Å². The number of nitrogens with zero attached hydrogens (tertiary/aromatic N) is 1. The molecule has 0 saturated carbocycles. The van der Waals surface area contributed by atoms with Crippen LogP contribution >= 0.6 is 11.3 Å². The van der Waals surface area contributed by atoms with E-state index in [0.29, 0.717) is 5.01 Å². The lowest BCUT2D eigenvalue weighted by molar-refractivity contribution is 0.518. The van der Waals surface area contributed by atoms with Crippen LogP contribution in [0.15, 0.2) is 28.6 Å². The van der Waals surface area contributed by atoms with E-state index in [1.54, 1.807) is 5.38 Å². The summed E-state index contributed by atoms with van der Waals surface area (Å²) in [5.41, 5.74) is -0.311. The Bertz CT molecular complexity index is 718. The molecule has 21 heavy (non-hydrogen) atoms. The molecule has 2 rings (SSSR count). The van der Waals surface area contributed by atoms with Crippen molar-refractivity contribution >= 4 is 21.4 Å². The molecule has 2 aromatic rings. The Morgan fingerprint density at radius 2 is 2.05 bits per heavy atom. The Morgan fingerprint density at radius 3 is 2.67 bits per heavy atom. The Kier molecular flexibility index (Phi) is 4.99. The van der Waals surface area contributed by atoms with Crippen LogP contribution in [0.4, 0.5) is 8.78 Å². The summed E-state index contributed by atoms with van der Waals surface area (Å²) in [6, 6.07) is 1.85. The van der Waals surface area contributed by atoms with Gasteiger partial charge in [-0.25, -0.2) is 26.9 Å². The van der Waals surface area contributed by atoms with E-state index in [9.17, 15) is 17.2 Å². The van der Waals surface area contributed by atoms with Gasteiger partial charge in [0.15, 0.2) is 5.82 Å². The Balaban J connectivity index is 2.29. The molecule has 5 nitrogen and oxygen atoms in total. The summed E-state index contributed by atoms with van der Waals surface area (Å²) in [4.78, 5) is 3.35. The number of benzene rings is 1. The first-order chi connectivity index (χ1) is 9.95. The molecule has 1 aromatic heterocycles. The van der Waals surface area contributed by atoms with E-state index in [1.165, 1.54) is 24.6 Å². The summed E-state index contributed by atoms with van der Waals surface area (Å²) < 4.78 is 54.1. The Morgan fingerprint density at radius 1 is 1.29 bits per heavy atom. The van der Waals surface area contributed by atoms with Crippen LogP contribution in [0.5, 0.6) is 0 Å². The quantitative estimate of drug-likeness (QED) is 0.843.